The molecule has 0 saturated heterocycles. The fourth-order valence-electron chi connectivity index (χ4n) is 5.44. The molecule has 34 heavy (non-hydrogen) atoms. The molecule has 1 heterocycles. The number of nitrogens with one attached hydrogen (secondary N) is 1. The number of rotatable bonds is 6. The first kappa shape index (κ1) is 23.0. The molecule has 2 aromatic carbocycles. The Morgan fingerprint density at radius 2 is 1.76 bits per heavy atom. The molecule has 1 N–H and O–H groups in total. The van der Waals surface area contributed by atoms with E-state index in [1.807, 2.05) is 32.9 Å². The zero-order valence-corrected chi connectivity index (χ0v) is 20.7. The van der Waals surface area contributed by atoms with Gasteiger partial charge in [0.1, 0.15) is 5.82 Å². The molecular formula is C30H35FN2O. The van der Waals surface area contributed by atoms with E-state index in [0.29, 0.717) is 17.5 Å². The van der Waals surface area contributed by atoms with Gasteiger partial charge in [-0.05, 0) is 97.7 Å². The van der Waals surface area contributed by atoms with Crippen LogP contribution in [0.1, 0.15) is 86.7 Å². The number of benzene rings is 2. The molecule has 5 rings (SSSR count). The van der Waals surface area contributed by atoms with Crippen molar-refractivity contribution >= 4 is 22.4 Å². The molecule has 2 fully saturated rings. The SMILES string of the molecule is Cc1cc(-c2ccc3ncc(C(=O)C(C)C)c(NC4CCC(C)CC4)c3c2)cc(F)c1C1CC1. The Balaban J connectivity index is 1.60. The highest BCUT2D eigenvalue weighted by molar-refractivity contribution is 6.09. The van der Waals surface area contributed by atoms with Crippen LogP contribution in [0.2, 0.25) is 0 Å². The lowest BCUT2D eigenvalue weighted by molar-refractivity contribution is 0.0940. The first-order chi connectivity index (χ1) is 16.3. The van der Waals surface area contributed by atoms with E-state index in [4.69, 9.17) is 0 Å². The van der Waals surface area contributed by atoms with Crippen LogP contribution in [0.5, 0.6) is 0 Å². The predicted molar refractivity (Wildman–Crippen MR) is 138 cm³/mol. The van der Waals surface area contributed by atoms with Crippen molar-refractivity contribution in [3.05, 3.63) is 59.0 Å². The molecule has 0 aliphatic heterocycles. The second-order valence-electron chi connectivity index (χ2n) is 10.9. The van der Waals surface area contributed by atoms with Gasteiger partial charge in [-0.1, -0.05) is 32.9 Å². The molecule has 0 unspecified atom stereocenters. The van der Waals surface area contributed by atoms with Gasteiger partial charge in [-0.15, -0.1) is 0 Å². The fraction of sp³-hybridized carbons (Fsp3) is 0.467. The van der Waals surface area contributed by atoms with E-state index >= 15 is 4.39 Å². The molecular weight excluding hydrogens is 423 g/mol. The summed E-state index contributed by atoms with van der Waals surface area (Å²) in [4.78, 5) is 17.8. The Hall–Kier alpha value is -2.75. The van der Waals surface area contributed by atoms with E-state index in [-0.39, 0.29) is 17.5 Å². The predicted octanol–water partition coefficient (Wildman–Crippen LogP) is 8.06. The highest BCUT2D eigenvalue weighted by Gasteiger charge is 2.29. The topological polar surface area (TPSA) is 42.0 Å². The molecule has 0 radical (unpaired) electrons. The van der Waals surface area contributed by atoms with E-state index in [0.717, 1.165) is 70.4 Å². The number of carbonyl (C=O) groups is 1. The van der Waals surface area contributed by atoms with Gasteiger partial charge in [-0.25, -0.2) is 4.39 Å². The van der Waals surface area contributed by atoms with Crippen LogP contribution in [0, 0.1) is 24.6 Å². The summed E-state index contributed by atoms with van der Waals surface area (Å²) in [6.07, 6.45) is 8.50. The maximum absolute atomic E-state index is 15.0. The van der Waals surface area contributed by atoms with Gasteiger partial charge in [0.15, 0.2) is 5.78 Å². The van der Waals surface area contributed by atoms with E-state index in [2.05, 4.69) is 29.4 Å². The highest BCUT2D eigenvalue weighted by Crippen LogP contribution is 2.44. The van der Waals surface area contributed by atoms with Crippen molar-refractivity contribution in [2.45, 2.75) is 78.2 Å². The van der Waals surface area contributed by atoms with Gasteiger partial charge in [-0.3, -0.25) is 9.78 Å². The molecule has 3 nitrogen and oxygen atoms in total. The molecule has 2 aliphatic rings. The molecule has 0 bridgehead atoms. The second kappa shape index (κ2) is 9.13. The van der Waals surface area contributed by atoms with Crippen molar-refractivity contribution in [3.8, 4) is 11.1 Å². The minimum atomic E-state index is -0.110. The highest BCUT2D eigenvalue weighted by atomic mass is 19.1. The standard InChI is InChI=1S/C30H35FN2O/c1-17(2)30(34)25-16-32-27-12-9-21(22-13-19(4)28(20-7-8-20)26(31)15-22)14-24(27)29(25)33-23-10-5-18(3)6-11-23/h9,12-18,20,23H,5-8,10-11H2,1-4H3,(H,32,33). The van der Waals surface area contributed by atoms with Crippen LogP contribution in [0.4, 0.5) is 10.1 Å². The van der Waals surface area contributed by atoms with E-state index in [9.17, 15) is 4.79 Å². The van der Waals surface area contributed by atoms with Crippen LogP contribution < -0.4 is 5.32 Å². The Labute approximate surface area is 202 Å². The fourth-order valence-corrected chi connectivity index (χ4v) is 5.44. The third kappa shape index (κ3) is 4.47. The number of hydrogen-bond acceptors (Lipinski definition) is 3. The number of halogens is 1. The summed E-state index contributed by atoms with van der Waals surface area (Å²) in [6.45, 7) is 8.19. The normalized spacial score (nSPS) is 20.6. The lowest BCUT2D eigenvalue weighted by Crippen LogP contribution is -2.26. The number of Topliss-reactive ketones (excluding diaryl/α,β-unsaturated/α-hetero) is 1. The monoisotopic (exact) mass is 458 g/mol. The molecule has 0 atom stereocenters. The lowest BCUT2D eigenvalue weighted by Gasteiger charge is -2.29. The third-order valence-electron chi connectivity index (χ3n) is 7.68. The molecule has 2 aliphatic carbocycles. The van der Waals surface area contributed by atoms with E-state index in [1.54, 1.807) is 12.3 Å². The van der Waals surface area contributed by atoms with Gasteiger partial charge in [0.2, 0.25) is 0 Å². The van der Waals surface area contributed by atoms with Crippen LogP contribution in [0.3, 0.4) is 0 Å². The van der Waals surface area contributed by atoms with Crippen molar-refractivity contribution in [2.75, 3.05) is 5.32 Å². The number of aromatic nitrogens is 1. The van der Waals surface area contributed by atoms with Crippen molar-refractivity contribution in [1.82, 2.24) is 4.98 Å². The number of ketones is 1. The molecule has 0 spiro atoms. The zero-order chi connectivity index (χ0) is 24.0. The maximum Gasteiger partial charge on any atom is 0.169 e. The molecule has 3 aromatic rings. The summed E-state index contributed by atoms with van der Waals surface area (Å²) in [6, 6.07) is 10.2. The number of anilines is 1. The lowest BCUT2D eigenvalue weighted by atomic mass is 9.87. The van der Waals surface area contributed by atoms with Gasteiger partial charge < -0.3 is 5.32 Å². The van der Waals surface area contributed by atoms with E-state index < -0.39 is 0 Å². The Morgan fingerprint density at radius 1 is 1.03 bits per heavy atom. The number of carbonyl (C=O) groups excluding carboxylic acids is 1. The number of hydrogen-bond donors (Lipinski definition) is 1. The van der Waals surface area contributed by atoms with Gasteiger partial charge in [0.25, 0.3) is 0 Å². The molecule has 0 amide bonds. The number of pyridine rings is 1. The van der Waals surface area contributed by atoms with Crippen molar-refractivity contribution in [3.63, 3.8) is 0 Å². The Bertz CT molecular complexity index is 1210. The van der Waals surface area contributed by atoms with Crippen molar-refractivity contribution < 1.29 is 9.18 Å². The summed E-state index contributed by atoms with van der Waals surface area (Å²) in [5, 5.41) is 4.68. The largest absolute Gasteiger partial charge is 0.381 e. The van der Waals surface area contributed by atoms with Gasteiger partial charge in [0.05, 0.1) is 16.8 Å². The van der Waals surface area contributed by atoms with Crippen molar-refractivity contribution in [2.24, 2.45) is 11.8 Å². The van der Waals surface area contributed by atoms with Crippen LogP contribution in [0.25, 0.3) is 22.0 Å². The zero-order valence-electron chi connectivity index (χ0n) is 20.7. The first-order valence-electron chi connectivity index (χ1n) is 12.9. The van der Waals surface area contributed by atoms with Gasteiger partial charge in [-0.2, -0.15) is 0 Å². The number of nitrogens with zero attached hydrogens (tertiary/aromatic N) is 1. The number of fused-ring (bicyclic) bond motifs is 1. The minimum Gasteiger partial charge on any atom is -0.381 e. The summed E-state index contributed by atoms with van der Waals surface area (Å²) < 4.78 is 15.0. The van der Waals surface area contributed by atoms with Crippen LogP contribution in [-0.2, 0) is 0 Å². The second-order valence-corrected chi connectivity index (χ2v) is 10.9. The maximum atomic E-state index is 15.0. The van der Waals surface area contributed by atoms with Crippen LogP contribution in [-0.4, -0.2) is 16.8 Å². The summed E-state index contributed by atoms with van der Waals surface area (Å²) in [5.74, 6) is 1.03. The summed E-state index contributed by atoms with van der Waals surface area (Å²) in [7, 11) is 0. The Kier molecular flexibility index (Phi) is 6.18. The number of aryl methyl sites for hydroxylation is 1. The first-order valence-corrected chi connectivity index (χ1v) is 12.9. The molecule has 1 aromatic heterocycles. The van der Waals surface area contributed by atoms with E-state index in [1.165, 1.54) is 12.8 Å². The average Bonchev–Trinajstić information content (AvgIpc) is 3.64. The van der Waals surface area contributed by atoms with Crippen LogP contribution in [0.15, 0.2) is 36.5 Å². The van der Waals surface area contributed by atoms with Gasteiger partial charge >= 0.3 is 0 Å². The smallest absolute Gasteiger partial charge is 0.169 e. The molecule has 4 heteroatoms. The molecule has 178 valence electrons. The quantitative estimate of drug-likeness (QED) is 0.380. The molecule has 2 saturated carbocycles. The average molecular weight is 459 g/mol. The van der Waals surface area contributed by atoms with Crippen LogP contribution >= 0.6 is 0 Å². The van der Waals surface area contributed by atoms with Crippen molar-refractivity contribution in [1.29, 1.82) is 0 Å². The van der Waals surface area contributed by atoms with Gasteiger partial charge in [0, 0.05) is 23.5 Å². The summed E-state index contributed by atoms with van der Waals surface area (Å²) >= 11 is 0. The third-order valence-corrected chi connectivity index (χ3v) is 7.68. The minimum absolute atomic E-state index is 0.0992. The summed E-state index contributed by atoms with van der Waals surface area (Å²) in [5.41, 5.74) is 6.12. The Morgan fingerprint density at radius 3 is 2.41 bits per heavy atom.